The van der Waals surface area contributed by atoms with Crippen LogP contribution in [0.15, 0.2) is 42.5 Å². The summed E-state index contributed by atoms with van der Waals surface area (Å²) in [5, 5.41) is 31.6. The average molecular weight is 254 g/mol. The van der Waals surface area contributed by atoms with Crippen LogP contribution in [0.3, 0.4) is 0 Å². The molecule has 96 valence electrons. The van der Waals surface area contributed by atoms with E-state index < -0.39 is 0 Å². The second kappa shape index (κ2) is 5.32. The van der Waals surface area contributed by atoms with E-state index in [0.29, 0.717) is 11.1 Å². The Hall–Kier alpha value is -2.67. The van der Waals surface area contributed by atoms with E-state index in [9.17, 15) is 10.2 Å². The van der Waals surface area contributed by atoms with Gasteiger partial charge in [0.05, 0.1) is 23.2 Å². The number of hydrogen-bond acceptors (Lipinski definition) is 4. The highest BCUT2D eigenvalue weighted by atomic mass is 16.3. The minimum Gasteiger partial charge on any atom is -0.507 e. The third kappa shape index (κ3) is 2.78. The second-order valence-electron chi connectivity index (χ2n) is 4.27. The summed E-state index contributed by atoms with van der Waals surface area (Å²) in [5.74, 6) is 0.0767. The van der Waals surface area contributed by atoms with Crippen LogP contribution in [-0.2, 0) is 0 Å². The fourth-order valence-electron chi connectivity index (χ4n) is 1.99. The van der Waals surface area contributed by atoms with Gasteiger partial charge in [-0.15, -0.1) is 0 Å². The largest absolute Gasteiger partial charge is 0.507 e. The summed E-state index contributed by atoms with van der Waals surface area (Å²) in [6, 6.07) is 13.5. The van der Waals surface area contributed by atoms with Crippen LogP contribution in [-0.4, -0.2) is 10.2 Å². The number of phenols is 2. The molecule has 0 aromatic heterocycles. The molecule has 0 amide bonds. The average Bonchev–Trinajstić information content (AvgIpc) is 2.38. The molecular weight excluding hydrogens is 240 g/mol. The Labute approximate surface area is 111 Å². The molecule has 0 aliphatic carbocycles. The minimum atomic E-state index is -0.282. The van der Waals surface area contributed by atoms with Gasteiger partial charge in [-0.05, 0) is 37.3 Å². The maximum Gasteiger partial charge on any atom is 0.124 e. The molecule has 2 aromatic carbocycles. The number of anilines is 1. The van der Waals surface area contributed by atoms with Crippen molar-refractivity contribution in [2.45, 2.75) is 13.0 Å². The predicted octanol–water partition coefficient (Wildman–Crippen LogP) is 3.14. The monoisotopic (exact) mass is 254 g/mol. The molecule has 0 heterocycles. The Morgan fingerprint density at radius 3 is 2.37 bits per heavy atom. The van der Waals surface area contributed by atoms with E-state index in [-0.39, 0.29) is 17.5 Å². The standard InChI is InChI=1S/C15H14N2O2/c1-10(15-13(18)6-3-7-14(15)19)17-12-5-2-4-11(8-12)9-16/h2-8,10,17-19H,1H3. The third-order valence-electron chi connectivity index (χ3n) is 2.87. The van der Waals surface area contributed by atoms with Gasteiger partial charge in [-0.1, -0.05) is 12.1 Å². The minimum absolute atomic E-state index is 0.0384. The number of nitriles is 1. The van der Waals surface area contributed by atoms with Gasteiger partial charge in [0.25, 0.3) is 0 Å². The Morgan fingerprint density at radius 1 is 1.11 bits per heavy atom. The van der Waals surface area contributed by atoms with Gasteiger partial charge in [0, 0.05) is 5.69 Å². The molecule has 1 unspecified atom stereocenters. The fraction of sp³-hybridized carbons (Fsp3) is 0.133. The van der Waals surface area contributed by atoms with Crippen LogP contribution < -0.4 is 5.32 Å². The first-order valence-corrected chi connectivity index (χ1v) is 5.89. The lowest BCUT2D eigenvalue weighted by Gasteiger charge is -2.18. The number of hydrogen-bond donors (Lipinski definition) is 3. The highest BCUT2D eigenvalue weighted by Gasteiger charge is 2.14. The van der Waals surface area contributed by atoms with Crippen molar-refractivity contribution in [3.63, 3.8) is 0 Å². The van der Waals surface area contributed by atoms with E-state index in [2.05, 4.69) is 11.4 Å². The number of phenolic OH excluding ortho intramolecular Hbond substituents is 2. The molecule has 4 nitrogen and oxygen atoms in total. The Bertz CT molecular complexity index is 612. The number of benzene rings is 2. The van der Waals surface area contributed by atoms with Crippen LogP contribution in [0.5, 0.6) is 11.5 Å². The molecule has 4 heteroatoms. The zero-order valence-electron chi connectivity index (χ0n) is 10.5. The molecule has 0 radical (unpaired) electrons. The molecule has 0 spiro atoms. The summed E-state index contributed by atoms with van der Waals surface area (Å²) in [7, 11) is 0. The summed E-state index contributed by atoms with van der Waals surface area (Å²) in [6.45, 7) is 1.83. The van der Waals surface area contributed by atoms with E-state index in [1.54, 1.807) is 24.3 Å². The van der Waals surface area contributed by atoms with E-state index in [1.165, 1.54) is 12.1 Å². The lowest BCUT2D eigenvalue weighted by atomic mass is 10.1. The van der Waals surface area contributed by atoms with Crippen LogP contribution in [0, 0.1) is 11.3 Å². The van der Waals surface area contributed by atoms with E-state index in [0.717, 1.165) is 5.69 Å². The van der Waals surface area contributed by atoms with Crippen molar-refractivity contribution in [3.8, 4) is 17.6 Å². The predicted molar refractivity (Wildman–Crippen MR) is 73.0 cm³/mol. The maximum absolute atomic E-state index is 9.79. The summed E-state index contributed by atoms with van der Waals surface area (Å²) < 4.78 is 0. The third-order valence-corrected chi connectivity index (χ3v) is 2.87. The van der Waals surface area contributed by atoms with Crippen molar-refractivity contribution >= 4 is 5.69 Å². The summed E-state index contributed by atoms with van der Waals surface area (Å²) >= 11 is 0. The van der Waals surface area contributed by atoms with Crippen molar-refractivity contribution in [1.82, 2.24) is 0 Å². The molecular formula is C15H14N2O2. The van der Waals surface area contributed by atoms with E-state index in [1.807, 2.05) is 13.0 Å². The highest BCUT2D eigenvalue weighted by Crippen LogP contribution is 2.34. The Balaban J connectivity index is 2.26. The van der Waals surface area contributed by atoms with Crippen molar-refractivity contribution < 1.29 is 10.2 Å². The van der Waals surface area contributed by atoms with Crippen molar-refractivity contribution in [2.24, 2.45) is 0 Å². The van der Waals surface area contributed by atoms with Crippen LogP contribution in [0.1, 0.15) is 24.1 Å². The van der Waals surface area contributed by atoms with E-state index >= 15 is 0 Å². The van der Waals surface area contributed by atoms with E-state index in [4.69, 9.17) is 5.26 Å². The molecule has 0 bridgehead atoms. The topological polar surface area (TPSA) is 76.3 Å². The quantitative estimate of drug-likeness (QED) is 0.786. The lowest BCUT2D eigenvalue weighted by Crippen LogP contribution is -2.07. The van der Waals surface area contributed by atoms with Gasteiger partial charge in [0.1, 0.15) is 11.5 Å². The maximum atomic E-state index is 9.79. The molecule has 0 saturated carbocycles. The molecule has 1 atom stereocenters. The molecule has 0 fully saturated rings. The number of nitrogens with one attached hydrogen (secondary N) is 1. The van der Waals surface area contributed by atoms with Crippen LogP contribution in [0.2, 0.25) is 0 Å². The first kappa shape index (κ1) is 12.8. The molecule has 0 aliphatic heterocycles. The molecule has 0 aliphatic rings. The fourth-order valence-corrected chi connectivity index (χ4v) is 1.99. The van der Waals surface area contributed by atoms with Gasteiger partial charge in [-0.25, -0.2) is 0 Å². The molecule has 2 aromatic rings. The number of rotatable bonds is 3. The summed E-state index contributed by atoms with van der Waals surface area (Å²) in [6.07, 6.45) is 0. The van der Waals surface area contributed by atoms with Crippen molar-refractivity contribution in [3.05, 3.63) is 53.6 Å². The van der Waals surface area contributed by atoms with Gasteiger partial charge < -0.3 is 15.5 Å². The van der Waals surface area contributed by atoms with Gasteiger partial charge in [0.2, 0.25) is 0 Å². The Kier molecular flexibility index (Phi) is 3.58. The van der Waals surface area contributed by atoms with Crippen molar-refractivity contribution in [1.29, 1.82) is 5.26 Å². The van der Waals surface area contributed by atoms with Crippen molar-refractivity contribution in [2.75, 3.05) is 5.32 Å². The normalized spacial score (nSPS) is 11.6. The summed E-state index contributed by atoms with van der Waals surface area (Å²) in [5.41, 5.74) is 1.75. The number of aromatic hydroxyl groups is 2. The van der Waals surface area contributed by atoms with Gasteiger partial charge in [-0.2, -0.15) is 5.26 Å². The molecule has 0 saturated heterocycles. The SMILES string of the molecule is CC(Nc1cccc(C#N)c1)c1c(O)cccc1O. The Morgan fingerprint density at radius 2 is 1.74 bits per heavy atom. The van der Waals surface area contributed by atoms with Gasteiger partial charge in [-0.3, -0.25) is 0 Å². The van der Waals surface area contributed by atoms with Crippen LogP contribution in [0.4, 0.5) is 5.69 Å². The summed E-state index contributed by atoms with van der Waals surface area (Å²) in [4.78, 5) is 0. The van der Waals surface area contributed by atoms with Gasteiger partial charge >= 0.3 is 0 Å². The smallest absolute Gasteiger partial charge is 0.124 e. The zero-order valence-corrected chi connectivity index (χ0v) is 10.5. The zero-order chi connectivity index (χ0) is 13.8. The van der Waals surface area contributed by atoms with Crippen LogP contribution in [0.25, 0.3) is 0 Å². The number of nitrogens with zero attached hydrogens (tertiary/aromatic N) is 1. The molecule has 19 heavy (non-hydrogen) atoms. The lowest BCUT2D eigenvalue weighted by molar-refractivity contribution is 0.434. The first-order valence-electron chi connectivity index (χ1n) is 5.89. The molecule has 3 N–H and O–H groups in total. The van der Waals surface area contributed by atoms with Crippen LogP contribution >= 0.6 is 0 Å². The van der Waals surface area contributed by atoms with Gasteiger partial charge in [0.15, 0.2) is 0 Å². The second-order valence-corrected chi connectivity index (χ2v) is 4.27. The molecule has 2 rings (SSSR count). The highest BCUT2D eigenvalue weighted by molar-refractivity contribution is 5.53. The first-order chi connectivity index (χ1) is 9.11.